The molecule has 2 aromatic rings. The fourth-order valence-electron chi connectivity index (χ4n) is 4.12. The number of hydrogen-bond acceptors (Lipinski definition) is 6. The second-order valence-electron chi connectivity index (χ2n) is 7.60. The highest BCUT2D eigenvalue weighted by atomic mass is 35.5. The Hall–Kier alpha value is -2.35. The normalized spacial score (nSPS) is 22.8. The number of aromatic nitrogens is 1. The van der Waals surface area contributed by atoms with Crippen molar-refractivity contribution in [3.05, 3.63) is 52.1 Å². The Morgan fingerprint density at radius 1 is 1.16 bits per heavy atom. The van der Waals surface area contributed by atoms with Gasteiger partial charge in [-0.1, -0.05) is 35.3 Å². The molecular formula is C22H26Cl2N4O3. The lowest BCUT2D eigenvalue weighted by molar-refractivity contribution is -0.144. The van der Waals surface area contributed by atoms with Gasteiger partial charge in [0.25, 0.3) is 0 Å². The largest absolute Gasteiger partial charge is 0.400 e. The summed E-state index contributed by atoms with van der Waals surface area (Å²) in [6, 6.07) is 9.14. The topological polar surface area (TPSA) is 99.8 Å². The third-order valence-electron chi connectivity index (χ3n) is 5.90. The Balaban J connectivity index is 0.00000132. The van der Waals surface area contributed by atoms with Crippen LogP contribution in [0.3, 0.4) is 0 Å². The maximum atomic E-state index is 13.0. The van der Waals surface area contributed by atoms with Crippen molar-refractivity contribution in [2.45, 2.75) is 18.9 Å². The number of pyridine rings is 1. The number of aliphatic hydroxyl groups is 1. The van der Waals surface area contributed by atoms with Gasteiger partial charge in [0, 0.05) is 49.8 Å². The molecule has 1 aliphatic heterocycles. The van der Waals surface area contributed by atoms with E-state index in [9.17, 15) is 9.59 Å². The van der Waals surface area contributed by atoms with Crippen molar-refractivity contribution in [2.75, 3.05) is 37.4 Å². The summed E-state index contributed by atoms with van der Waals surface area (Å²) in [6.45, 7) is 1.62. The lowest BCUT2D eigenvalue weighted by Gasteiger charge is -2.45. The number of aliphatic hydroxyl groups excluding tert-OH is 1. The molecule has 0 radical (unpaired) electrons. The second-order valence-corrected chi connectivity index (χ2v) is 8.47. The molecule has 2 fully saturated rings. The highest BCUT2D eigenvalue weighted by Crippen LogP contribution is 2.38. The van der Waals surface area contributed by atoms with Crippen LogP contribution in [0, 0.1) is 11.8 Å². The summed E-state index contributed by atoms with van der Waals surface area (Å²) in [6.07, 6.45) is 4.07. The molecule has 1 aromatic heterocycles. The Morgan fingerprint density at radius 3 is 2.45 bits per heavy atom. The third-order valence-corrected chi connectivity index (χ3v) is 6.36. The van der Waals surface area contributed by atoms with Gasteiger partial charge in [-0.25, -0.2) is 4.98 Å². The molecule has 1 aliphatic carbocycles. The van der Waals surface area contributed by atoms with Crippen LogP contribution in [0.1, 0.15) is 24.4 Å². The molecule has 7 nitrogen and oxygen atoms in total. The number of benzene rings is 1. The number of nitrogen functional groups attached to an aromatic ring is 1. The first kappa shape index (κ1) is 23.3. The molecule has 1 aromatic carbocycles. The van der Waals surface area contributed by atoms with E-state index in [0.717, 1.165) is 31.8 Å². The molecule has 0 spiro atoms. The molecule has 2 aliphatic rings. The highest BCUT2D eigenvalue weighted by Gasteiger charge is 2.41. The molecule has 0 bridgehead atoms. The molecule has 31 heavy (non-hydrogen) atoms. The van der Waals surface area contributed by atoms with Gasteiger partial charge in [0.1, 0.15) is 6.29 Å². The average Bonchev–Trinajstić information content (AvgIpc) is 2.75. The Labute approximate surface area is 191 Å². The molecule has 1 saturated heterocycles. The molecule has 4 rings (SSSR count). The van der Waals surface area contributed by atoms with Crippen molar-refractivity contribution in [1.82, 2.24) is 9.88 Å². The summed E-state index contributed by atoms with van der Waals surface area (Å²) in [5.41, 5.74) is 7.71. The monoisotopic (exact) mass is 464 g/mol. The van der Waals surface area contributed by atoms with E-state index in [1.54, 1.807) is 12.3 Å². The van der Waals surface area contributed by atoms with Crippen molar-refractivity contribution in [3.8, 4) is 0 Å². The fourth-order valence-corrected chi connectivity index (χ4v) is 4.42. The summed E-state index contributed by atoms with van der Waals surface area (Å²) in [7, 11) is 1.00. The molecule has 9 heteroatoms. The van der Waals surface area contributed by atoms with Crippen molar-refractivity contribution in [2.24, 2.45) is 11.8 Å². The lowest BCUT2D eigenvalue weighted by atomic mass is 9.73. The van der Waals surface area contributed by atoms with Crippen LogP contribution in [-0.2, 0) is 9.59 Å². The van der Waals surface area contributed by atoms with Gasteiger partial charge in [-0.05, 0) is 36.6 Å². The number of carbonyl (C=O) groups is 2. The molecule has 3 atom stereocenters. The number of rotatable bonds is 4. The zero-order chi connectivity index (χ0) is 22.5. The standard InChI is InChI=1S/C21H22Cl2N4O2.CH4O/c22-15-4-1-13(2-5-15)19-11-26(21(29)17-6-3-14(17)12-28)7-8-27(19)20-18(24)9-16(23)10-25-20;1-2/h1-2,4-5,9-10,12,14,17,19H,3,6-8,11,24H2;2H,1H3. The minimum atomic E-state index is -0.191. The summed E-state index contributed by atoms with van der Waals surface area (Å²) >= 11 is 12.1. The molecule has 1 amide bonds. The smallest absolute Gasteiger partial charge is 0.226 e. The quantitative estimate of drug-likeness (QED) is 0.673. The van der Waals surface area contributed by atoms with E-state index in [2.05, 4.69) is 9.88 Å². The molecule has 1 saturated carbocycles. The number of nitrogens with zero attached hydrogens (tertiary/aromatic N) is 3. The fraction of sp³-hybridized carbons (Fsp3) is 0.409. The number of aldehydes is 1. The van der Waals surface area contributed by atoms with Gasteiger partial charge < -0.3 is 25.4 Å². The molecule has 3 unspecified atom stereocenters. The van der Waals surface area contributed by atoms with E-state index >= 15 is 0 Å². The molecule has 2 heterocycles. The number of halogens is 2. The first-order valence-corrected chi connectivity index (χ1v) is 10.9. The minimum absolute atomic E-state index is 0.0593. The van der Waals surface area contributed by atoms with Crippen LogP contribution in [-0.4, -0.2) is 53.9 Å². The maximum Gasteiger partial charge on any atom is 0.226 e. The van der Waals surface area contributed by atoms with Gasteiger partial charge in [0.15, 0.2) is 5.82 Å². The van der Waals surface area contributed by atoms with Crippen LogP contribution >= 0.6 is 23.2 Å². The Kier molecular flexibility index (Phi) is 7.75. The van der Waals surface area contributed by atoms with Gasteiger partial charge in [0.05, 0.1) is 16.8 Å². The van der Waals surface area contributed by atoms with Crippen LogP contribution in [0.4, 0.5) is 11.5 Å². The molecule has 166 valence electrons. The number of anilines is 2. The van der Waals surface area contributed by atoms with E-state index in [0.29, 0.717) is 41.2 Å². The zero-order valence-electron chi connectivity index (χ0n) is 17.2. The van der Waals surface area contributed by atoms with E-state index < -0.39 is 0 Å². The molecular weight excluding hydrogens is 439 g/mol. The van der Waals surface area contributed by atoms with Crippen LogP contribution in [0.25, 0.3) is 0 Å². The van der Waals surface area contributed by atoms with Crippen LogP contribution < -0.4 is 10.6 Å². The number of nitrogens with two attached hydrogens (primary N) is 1. The number of piperazine rings is 1. The zero-order valence-corrected chi connectivity index (χ0v) is 18.8. The van der Waals surface area contributed by atoms with E-state index in [-0.39, 0.29) is 23.8 Å². The van der Waals surface area contributed by atoms with Gasteiger partial charge in [0.2, 0.25) is 5.91 Å². The van der Waals surface area contributed by atoms with Crippen LogP contribution in [0.15, 0.2) is 36.5 Å². The van der Waals surface area contributed by atoms with Crippen LogP contribution in [0.5, 0.6) is 0 Å². The number of hydrogen-bond donors (Lipinski definition) is 2. The Morgan fingerprint density at radius 2 is 1.87 bits per heavy atom. The Bertz CT molecular complexity index is 925. The van der Waals surface area contributed by atoms with E-state index in [1.807, 2.05) is 29.2 Å². The summed E-state index contributed by atoms with van der Waals surface area (Å²) < 4.78 is 0. The first-order chi connectivity index (χ1) is 15.0. The van der Waals surface area contributed by atoms with Gasteiger partial charge in [-0.3, -0.25) is 4.79 Å². The van der Waals surface area contributed by atoms with Crippen molar-refractivity contribution < 1.29 is 14.7 Å². The maximum absolute atomic E-state index is 13.0. The summed E-state index contributed by atoms with van der Waals surface area (Å²) in [4.78, 5) is 32.6. The minimum Gasteiger partial charge on any atom is -0.400 e. The van der Waals surface area contributed by atoms with Gasteiger partial charge in [-0.15, -0.1) is 0 Å². The predicted octanol–water partition coefficient (Wildman–Crippen LogP) is 3.19. The van der Waals surface area contributed by atoms with Gasteiger partial charge in [-0.2, -0.15) is 0 Å². The highest BCUT2D eigenvalue weighted by molar-refractivity contribution is 6.31. The predicted molar refractivity (Wildman–Crippen MR) is 122 cm³/mol. The molecule has 3 N–H and O–H groups in total. The number of carbonyl (C=O) groups excluding carboxylic acids is 2. The SMILES string of the molecule is CO.Nc1cc(Cl)cnc1N1CCN(C(=O)C2CCC2C=O)CC1c1ccc(Cl)cc1. The summed E-state index contributed by atoms with van der Waals surface area (Å²) in [5.74, 6) is 0.367. The van der Waals surface area contributed by atoms with Crippen molar-refractivity contribution in [3.63, 3.8) is 0 Å². The summed E-state index contributed by atoms with van der Waals surface area (Å²) in [5, 5.41) is 8.13. The van der Waals surface area contributed by atoms with Gasteiger partial charge >= 0.3 is 0 Å². The first-order valence-electron chi connectivity index (χ1n) is 10.1. The van der Waals surface area contributed by atoms with Crippen molar-refractivity contribution >= 4 is 46.9 Å². The average molecular weight is 465 g/mol. The van der Waals surface area contributed by atoms with E-state index in [4.69, 9.17) is 34.0 Å². The van der Waals surface area contributed by atoms with E-state index in [1.165, 1.54) is 0 Å². The van der Waals surface area contributed by atoms with Crippen molar-refractivity contribution in [1.29, 1.82) is 0 Å². The lowest BCUT2D eigenvalue weighted by Crippen LogP contribution is -2.54. The second kappa shape index (κ2) is 10.3. The third kappa shape index (κ3) is 4.95. The van der Waals surface area contributed by atoms with Crippen LogP contribution in [0.2, 0.25) is 10.0 Å². The number of amides is 1.